The van der Waals surface area contributed by atoms with Crippen LogP contribution in [0.1, 0.15) is 30.9 Å². The van der Waals surface area contributed by atoms with Crippen LogP contribution in [0.3, 0.4) is 0 Å². The van der Waals surface area contributed by atoms with Crippen molar-refractivity contribution in [3.63, 3.8) is 0 Å². The third-order valence-corrected chi connectivity index (χ3v) is 3.31. The smallest absolute Gasteiger partial charge is 0.107 e. The van der Waals surface area contributed by atoms with Gasteiger partial charge in [-0.1, -0.05) is 24.3 Å². The summed E-state index contributed by atoms with van der Waals surface area (Å²) in [6, 6.07) is 4.65. The standard InChI is InChI=1S/C15H20N2O/c1-18-12-5-4-11-17-10-3-2-8-15(17)14-7-6-9-16-13-14/h6-7,9,13,15H,2-3,8,10-12H2,1H3. The largest absolute Gasteiger partial charge is 0.372 e. The number of nitrogens with zero attached hydrogens (tertiary/aromatic N) is 2. The quantitative estimate of drug-likeness (QED) is 0.763. The van der Waals surface area contributed by atoms with Gasteiger partial charge in [-0.3, -0.25) is 9.88 Å². The second-order valence-corrected chi connectivity index (χ2v) is 4.55. The van der Waals surface area contributed by atoms with Gasteiger partial charge >= 0.3 is 0 Å². The minimum Gasteiger partial charge on any atom is -0.372 e. The van der Waals surface area contributed by atoms with Crippen LogP contribution in [0.25, 0.3) is 0 Å². The van der Waals surface area contributed by atoms with E-state index in [0.29, 0.717) is 12.6 Å². The van der Waals surface area contributed by atoms with E-state index in [2.05, 4.69) is 27.8 Å². The number of rotatable bonds is 3. The monoisotopic (exact) mass is 244 g/mol. The van der Waals surface area contributed by atoms with E-state index >= 15 is 0 Å². The summed E-state index contributed by atoms with van der Waals surface area (Å²) >= 11 is 0. The van der Waals surface area contributed by atoms with Gasteiger partial charge in [0, 0.05) is 25.5 Å². The Bertz CT molecular complexity index is 407. The van der Waals surface area contributed by atoms with Crippen molar-refractivity contribution in [1.29, 1.82) is 0 Å². The molecule has 1 atom stereocenters. The average Bonchev–Trinajstić information content (AvgIpc) is 2.45. The van der Waals surface area contributed by atoms with Crippen LogP contribution in [0.2, 0.25) is 0 Å². The average molecular weight is 244 g/mol. The molecule has 2 heterocycles. The molecule has 1 aromatic rings. The third-order valence-electron chi connectivity index (χ3n) is 3.31. The number of aromatic nitrogens is 1. The summed E-state index contributed by atoms with van der Waals surface area (Å²) in [6.45, 7) is 2.47. The highest BCUT2D eigenvalue weighted by Gasteiger charge is 2.22. The Morgan fingerprint density at radius 1 is 1.44 bits per heavy atom. The van der Waals surface area contributed by atoms with Crippen molar-refractivity contribution in [2.24, 2.45) is 0 Å². The SMILES string of the molecule is COCC#CCN1CCCCC1c1cccnc1. The maximum atomic E-state index is 4.94. The van der Waals surface area contributed by atoms with E-state index in [-0.39, 0.29) is 0 Å². The van der Waals surface area contributed by atoms with Crippen LogP contribution in [0.5, 0.6) is 0 Å². The number of ether oxygens (including phenoxy) is 1. The molecule has 96 valence electrons. The van der Waals surface area contributed by atoms with Crippen molar-refractivity contribution in [3.8, 4) is 11.8 Å². The summed E-state index contributed by atoms with van der Waals surface area (Å²) < 4.78 is 4.94. The lowest BCUT2D eigenvalue weighted by atomic mass is 9.96. The number of pyridine rings is 1. The van der Waals surface area contributed by atoms with Gasteiger partial charge in [0.2, 0.25) is 0 Å². The molecule has 0 spiro atoms. The van der Waals surface area contributed by atoms with Crippen molar-refractivity contribution in [1.82, 2.24) is 9.88 Å². The second kappa shape index (κ2) is 7.15. The first-order valence-corrected chi connectivity index (χ1v) is 6.50. The maximum Gasteiger partial charge on any atom is 0.107 e. The first-order valence-electron chi connectivity index (χ1n) is 6.50. The van der Waals surface area contributed by atoms with Gasteiger partial charge < -0.3 is 4.74 Å². The molecule has 0 amide bonds. The number of hydrogen-bond acceptors (Lipinski definition) is 3. The molecule has 1 fully saturated rings. The lowest BCUT2D eigenvalue weighted by Crippen LogP contribution is -2.33. The summed E-state index contributed by atoms with van der Waals surface area (Å²) in [5.41, 5.74) is 1.31. The number of piperidine rings is 1. The highest BCUT2D eigenvalue weighted by Crippen LogP contribution is 2.29. The van der Waals surface area contributed by atoms with E-state index in [1.165, 1.54) is 24.8 Å². The molecule has 0 saturated carbocycles. The van der Waals surface area contributed by atoms with Crippen molar-refractivity contribution < 1.29 is 4.74 Å². The predicted octanol–water partition coefficient (Wildman–Crippen LogP) is 2.26. The molecule has 1 aliphatic heterocycles. The van der Waals surface area contributed by atoms with Gasteiger partial charge in [-0.05, 0) is 31.0 Å². The molecule has 3 heteroatoms. The molecule has 18 heavy (non-hydrogen) atoms. The molecule has 1 aromatic heterocycles. The second-order valence-electron chi connectivity index (χ2n) is 4.55. The third kappa shape index (κ3) is 3.56. The van der Waals surface area contributed by atoms with Crippen molar-refractivity contribution in [2.45, 2.75) is 25.3 Å². The van der Waals surface area contributed by atoms with Gasteiger partial charge in [-0.25, -0.2) is 0 Å². The van der Waals surface area contributed by atoms with Crippen LogP contribution in [0, 0.1) is 11.8 Å². The zero-order chi connectivity index (χ0) is 12.6. The highest BCUT2D eigenvalue weighted by molar-refractivity contribution is 5.16. The molecular formula is C15H20N2O. The Morgan fingerprint density at radius 2 is 2.39 bits per heavy atom. The first-order chi connectivity index (χ1) is 8.92. The van der Waals surface area contributed by atoms with Gasteiger partial charge in [-0.15, -0.1) is 0 Å². The zero-order valence-corrected chi connectivity index (χ0v) is 10.9. The van der Waals surface area contributed by atoms with Crippen LogP contribution >= 0.6 is 0 Å². The van der Waals surface area contributed by atoms with Gasteiger partial charge in [0.1, 0.15) is 6.61 Å². The van der Waals surface area contributed by atoms with Gasteiger partial charge in [0.05, 0.1) is 6.54 Å². The van der Waals surface area contributed by atoms with Gasteiger partial charge in [-0.2, -0.15) is 0 Å². The van der Waals surface area contributed by atoms with Crippen molar-refractivity contribution in [2.75, 3.05) is 26.8 Å². The van der Waals surface area contributed by atoms with Gasteiger partial charge in [0.25, 0.3) is 0 Å². The molecule has 0 radical (unpaired) electrons. The number of methoxy groups -OCH3 is 1. The Morgan fingerprint density at radius 3 is 3.17 bits per heavy atom. The summed E-state index contributed by atoms with van der Waals surface area (Å²) in [7, 11) is 1.67. The fourth-order valence-electron chi connectivity index (χ4n) is 2.41. The van der Waals surface area contributed by atoms with Crippen LogP contribution in [-0.4, -0.2) is 36.7 Å². The minimum atomic E-state index is 0.476. The van der Waals surface area contributed by atoms with Crippen molar-refractivity contribution >= 4 is 0 Å². The topological polar surface area (TPSA) is 25.4 Å². The maximum absolute atomic E-state index is 4.94. The molecule has 0 aromatic carbocycles. The van der Waals surface area contributed by atoms with Crippen LogP contribution in [0.15, 0.2) is 24.5 Å². The molecular weight excluding hydrogens is 224 g/mol. The van der Waals surface area contributed by atoms with Crippen molar-refractivity contribution in [3.05, 3.63) is 30.1 Å². The van der Waals surface area contributed by atoms with E-state index in [9.17, 15) is 0 Å². The fourth-order valence-corrected chi connectivity index (χ4v) is 2.41. The summed E-state index contributed by atoms with van der Waals surface area (Å²) in [5, 5.41) is 0. The molecule has 1 saturated heterocycles. The molecule has 3 nitrogen and oxygen atoms in total. The Hall–Kier alpha value is -1.37. The molecule has 1 aliphatic rings. The summed E-state index contributed by atoms with van der Waals surface area (Å²) in [5.74, 6) is 6.21. The van der Waals surface area contributed by atoms with E-state index in [1.54, 1.807) is 7.11 Å². The lowest BCUT2D eigenvalue weighted by molar-refractivity contribution is 0.168. The predicted molar refractivity (Wildman–Crippen MR) is 72.1 cm³/mol. The molecule has 2 rings (SSSR count). The Balaban J connectivity index is 2.01. The molecule has 0 bridgehead atoms. The zero-order valence-electron chi connectivity index (χ0n) is 10.9. The minimum absolute atomic E-state index is 0.476. The Kier molecular flexibility index (Phi) is 5.19. The van der Waals surface area contributed by atoms with Crippen LogP contribution in [0.4, 0.5) is 0 Å². The molecule has 0 aliphatic carbocycles. The highest BCUT2D eigenvalue weighted by atomic mass is 16.5. The van der Waals surface area contributed by atoms with E-state index in [4.69, 9.17) is 4.74 Å². The van der Waals surface area contributed by atoms with E-state index < -0.39 is 0 Å². The summed E-state index contributed by atoms with van der Waals surface area (Å²) in [4.78, 5) is 6.67. The van der Waals surface area contributed by atoms with E-state index in [0.717, 1.165) is 13.1 Å². The Labute approximate surface area is 109 Å². The first kappa shape index (κ1) is 13.1. The van der Waals surface area contributed by atoms with Gasteiger partial charge in [0.15, 0.2) is 0 Å². The normalized spacial score (nSPS) is 20.2. The molecule has 1 unspecified atom stereocenters. The number of likely N-dealkylation sites (tertiary alicyclic amines) is 1. The summed E-state index contributed by atoms with van der Waals surface area (Å²) in [6.07, 6.45) is 7.57. The van der Waals surface area contributed by atoms with E-state index in [1.807, 2.05) is 18.5 Å². The lowest BCUT2D eigenvalue weighted by Gasteiger charge is -2.34. The molecule has 0 N–H and O–H groups in total. The van der Waals surface area contributed by atoms with Crippen LogP contribution < -0.4 is 0 Å². The fraction of sp³-hybridized carbons (Fsp3) is 0.533. The number of hydrogen-bond donors (Lipinski definition) is 0. The van der Waals surface area contributed by atoms with Crippen LogP contribution in [-0.2, 0) is 4.74 Å².